The summed E-state index contributed by atoms with van der Waals surface area (Å²) in [6.07, 6.45) is 0. The maximum absolute atomic E-state index is 12.7. The Kier molecular flexibility index (Phi) is 4.58. The fourth-order valence-electron chi connectivity index (χ4n) is 0.998. The number of hydrogen-bond donors (Lipinski definition) is 1. The Morgan fingerprint density at radius 2 is 2.29 bits per heavy atom. The predicted molar refractivity (Wildman–Crippen MR) is 60.8 cm³/mol. The molecule has 76 valence electrons. The molecular formula is C10H10BrClFN. The van der Waals surface area contributed by atoms with Crippen molar-refractivity contribution in [3.8, 4) is 0 Å². The maximum atomic E-state index is 12.7. The molecule has 0 aromatic heterocycles. The summed E-state index contributed by atoms with van der Waals surface area (Å²) < 4.78 is 13.5. The topological polar surface area (TPSA) is 12.0 Å². The van der Waals surface area contributed by atoms with Gasteiger partial charge < -0.3 is 5.32 Å². The molecule has 0 unspecified atom stereocenters. The molecule has 0 fully saturated rings. The van der Waals surface area contributed by atoms with Crippen molar-refractivity contribution < 1.29 is 4.39 Å². The minimum absolute atomic E-state index is 0.248. The average Bonchev–Trinajstić information content (AvgIpc) is 2.08. The van der Waals surface area contributed by atoms with Gasteiger partial charge in [-0.25, -0.2) is 4.39 Å². The molecule has 0 aliphatic carbocycles. The van der Waals surface area contributed by atoms with Crippen molar-refractivity contribution in [1.82, 2.24) is 5.32 Å². The molecule has 0 saturated heterocycles. The Labute approximate surface area is 96.1 Å². The second-order valence-corrected chi connectivity index (χ2v) is 4.25. The van der Waals surface area contributed by atoms with Crippen molar-refractivity contribution in [1.29, 1.82) is 0 Å². The highest BCUT2D eigenvalue weighted by atomic mass is 79.9. The number of benzene rings is 1. The first-order chi connectivity index (χ1) is 6.59. The van der Waals surface area contributed by atoms with E-state index in [9.17, 15) is 4.39 Å². The number of rotatable bonds is 4. The summed E-state index contributed by atoms with van der Waals surface area (Å²) >= 11 is 8.86. The summed E-state index contributed by atoms with van der Waals surface area (Å²) in [7, 11) is 0. The molecule has 1 aromatic carbocycles. The van der Waals surface area contributed by atoms with Gasteiger partial charge in [0.25, 0.3) is 0 Å². The molecule has 14 heavy (non-hydrogen) atoms. The summed E-state index contributed by atoms with van der Waals surface area (Å²) in [5.74, 6) is -0.248. The highest BCUT2D eigenvalue weighted by molar-refractivity contribution is 9.10. The van der Waals surface area contributed by atoms with Crippen LogP contribution in [0.2, 0.25) is 0 Å². The predicted octanol–water partition coefficient (Wildman–Crippen LogP) is 3.43. The molecule has 0 spiro atoms. The zero-order valence-electron chi connectivity index (χ0n) is 7.49. The van der Waals surface area contributed by atoms with Crippen LogP contribution in [0.1, 0.15) is 5.56 Å². The number of nitrogens with one attached hydrogen (secondary N) is 1. The third-order valence-electron chi connectivity index (χ3n) is 1.65. The van der Waals surface area contributed by atoms with E-state index in [0.29, 0.717) is 18.1 Å². The Morgan fingerprint density at radius 3 is 2.86 bits per heavy atom. The van der Waals surface area contributed by atoms with Gasteiger partial charge in [0.2, 0.25) is 0 Å². The molecule has 0 radical (unpaired) electrons. The van der Waals surface area contributed by atoms with E-state index >= 15 is 0 Å². The van der Waals surface area contributed by atoms with Gasteiger partial charge in [0, 0.05) is 22.6 Å². The van der Waals surface area contributed by atoms with Crippen molar-refractivity contribution in [3.05, 3.63) is 45.7 Å². The quantitative estimate of drug-likeness (QED) is 0.890. The molecule has 0 aliphatic heterocycles. The van der Waals surface area contributed by atoms with Crippen molar-refractivity contribution in [2.24, 2.45) is 0 Å². The third kappa shape index (κ3) is 3.78. The number of halogens is 3. The largest absolute Gasteiger partial charge is 0.308 e. The lowest BCUT2D eigenvalue weighted by atomic mass is 10.2. The first kappa shape index (κ1) is 11.7. The molecule has 1 N–H and O–H groups in total. The normalized spacial score (nSPS) is 10.2. The first-order valence-electron chi connectivity index (χ1n) is 4.07. The van der Waals surface area contributed by atoms with E-state index in [1.54, 1.807) is 6.07 Å². The molecule has 0 amide bonds. The summed E-state index contributed by atoms with van der Waals surface area (Å²) in [6, 6.07) is 4.59. The second-order valence-electron chi connectivity index (χ2n) is 2.86. The molecule has 0 heterocycles. The lowest BCUT2D eigenvalue weighted by molar-refractivity contribution is 0.624. The van der Waals surface area contributed by atoms with Crippen LogP contribution in [-0.2, 0) is 6.54 Å². The van der Waals surface area contributed by atoms with Gasteiger partial charge in [-0.3, -0.25) is 0 Å². The lowest BCUT2D eigenvalue weighted by Gasteiger charge is -2.05. The molecular weight excluding hydrogens is 268 g/mol. The van der Waals surface area contributed by atoms with E-state index in [0.717, 1.165) is 10.0 Å². The van der Waals surface area contributed by atoms with Crippen molar-refractivity contribution >= 4 is 27.5 Å². The van der Waals surface area contributed by atoms with E-state index in [2.05, 4.69) is 27.8 Å². The van der Waals surface area contributed by atoms with Gasteiger partial charge in [0.1, 0.15) is 5.82 Å². The molecule has 0 atom stereocenters. The van der Waals surface area contributed by atoms with Gasteiger partial charge >= 0.3 is 0 Å². The van der Waals surface area contributed by atoms with Crippen LogP contribution < -0.4 is 5.32 Å². The van der Waals surface area contributed by atoms with Crippen LogP contribution in [0.4, 0.5) is 4.39 Å². The lowest BCUT2D eigenvalue weighted by Crippen LogP contribution is -2.14. The molecule has 0 bridgehead atoms. The Balaban J connectivity index is 2.55. The van der Waals surface area contributed by atoms with Crippen LogP contribution in [0.3, 0.4) is 0 Å². The standard InChI is InChI=1S/C10H10BrClFN/c1-7(12)5-14-6-8-2-3-9(13)4-10(8)11/h2-4,14H,1,5-6H2. The monoisotopic (exact) mass is 277 g/mol. The van der Waals surface area contributed by atoms with Crippen LogP contribution in [0, 0.1) is 5.82 Å². The fourth-order valence-corrected chi connectivity index (χ4v) is 1.58. The molecule has 4 heteroatoms. The van der Waals surface area contributed by atoms with Gasteiger partial charge in [-0.2, -0.15) is 0 Å². The summed E-state index contributed by atoms with van der Waals surface area (Å²) in [6.45, 7) is 4.73. The minimum Gasteiger partial charge on any atom is -0.308 e. The van der Waals surface area contributed by atoms with Crippen molar-refractivity contribution in [2.75, 3.05) is 6.54 Å². The summed E-state index contributed by atoms with van der Waals surface area (Å²) in [5.41, 5.74) is 0.990. The Bertz CT molecular complexity index is 341. The van der Waals surface area contributed by atoms with Crippen molar-refractivity contribution in [3.63, 3.8) is 0 Å². The third-order valence-corrected chi connectivity index (χ3v) is 2.52. The van der Waals surface area contributed by atoms with Crippen LogP contribution in [0.25, 0.3) is 0 Å². The summed E-state index contributed by atoms with van der Waals surface area (Å²) in [4.78, 5) is 0. The Morgan fingerprint density at radius 1 is 1.57 bits per heavy atom. The van der Waals surface area contributed by atoms with E-state index in [1.165, 1.54) is 12.1 Å². The van der Waals surface area contributed by atoms with E-state index in [1.807, 2.05) is 0 Å². The SMILES string of the molecule is C=C(Cl)CNCc1ccc(F)cc1Br. The van der Waals surface area contributed by atoms with Gasteiger partial charge in [-0.15, -0.1) is 0 Å². The zero-order chi connectivity index (χ0) is 10.6. The smallest absolute Gasteiger partial charge is 0.124 e. The van der Waals surface area contributed by atoms with Gasteiger partial charge in [0.15, 0.2) is 0 Å². The fraction of sp³-hybridized carbons (Fsp3) is 0.200. The second kappa shape index (κ2) is 5.49. The molecule has 1 aromatic rings. The highest BCUT2D eigenvalue weighted by Gasteiger charge is 2.00. The molecule has 1 rings (SSSR count). The van der Waals surface area contributed by atoms with Gasteiger partial charge in [0.05, 0.1) is 0 Å². The van der Waals surface area contributed by atoms with E-state index < -0.39 is 0 Å². The Hall–Kier alpha value is -0.380. The minimum atomic E-state index is -0.248. The maximum Gasteiger partial charge on any atom is 0.124 e. The van der Waals surface area contributed by atoms with Crippen LogP contribution in [0.5, 0.6) is 0 Å². The van der Waals surface area contributed by atoms with Crippen LogP contribution in [0.15, 0.2) is 34.3 Å². The number of hydrogen-bond acceptors (Lipinski definition) is 1. The zero-order valence-corrected chi connectivity index (χ0v) is 9.83. The van der Waals surface area contributed by atoms with Gasteiger partial charge in [-0.1, -0.05) is 40.2 Å². The first-order valence-corrected chi connectivity index (χ1v) is 5.24. The summed E-state index contributed by atoms with van der Waals surface area (Å²) in [5, 5.41) is 3.64. The molecule has 0 aliphatic rings. The van der Waals surface area contributed by atoms with Crippen molar-refractivity contribution in [2.45, 2.75) is 6.54 Å². The van der Waals surface area contributed by atoms with Crippen LogP contribution >= 0.6 is 27.5 Å². The van der Waals surface area contributed by atoms with Gasteiger partial charge in [-0.05, 0) is 17.7 Å². The van der Waals surface area contributed by atoms with E-state index in [-0.39, 0.29) is 5.82 Å². The van der Waals surface area contributed by atoms with E-state index in [4.69, 9.17) is 11.6 Å². The molecule has 0 saturated carbocycles. The highest BCUT2D eigenvalue weighted by Crippen LogP contribution is 2.17. The van der Waals surface area contributed by atoms with Crippen LogP contribution in [-0.4, -0.2) is 6.54 Å². The average molecular weight is 279 g/mol. The molecule has 1 nitrogen and oxygen atoms in total.